The first-order valence-corrected chi connectivity index (χ1v) is 10.9. The summed E-state index contributed by atoms with van der Waals surface area (Å²) < 4.78 is 12.8. The van der Waals surface area contributed by atoms with Crippen LogP contribution in [0.4, 0.5) is 5.13 Å². The maximum atomic E-state index is 13.6. The number of para-hydroxylation sites is 2. The number of thiazole rings is 1. The van der Waals surface area contributed by atoms with E-state index >= 15 is 0 Å². The summed E-state index contributed by atoms with van der Waals surface area (Å²) in [6, 6.07) is 15.3. The molecule has 2 aromatic carbocycles. The predicted molar refractivity (Wildman–Crippen MR) is 121 cm³/mol. The molecule has 1 amide bonds. The van der Waals surface area contributed by atoms with Gasteiger partial charge in [-0.15, -0.1) is 0 Å². The summed E-state index contributed by atoms with van der Waals surface area (Å²) in [4.78, 5) is 24.3. The monoisotopic (exact) mass is 431 g/mol. The normalized spacial score (nSPS) is 15.1. The second-order valence-electron chi connectivity index (χ2n) is 7.50. The van der Waals surface area contributed by atoms with Crippen LogP contribution >= 0.6 is 11.3 Å². The van der Waals surface area contributed by atoms with Gasteiger partial charge < -0.3 is 9.47 Å². The average Bonchev–Trinajstić information content (AvgIpc) is 3.25. The highest BCUT2D eigenvalue weighted by atomic mass is 32.1. The van der Waals surface area contributed by atoms with Gasteiger partial charge in [0, 0.05) is 12.4 Å². The maximum Gasteiger partial charge on any atom is 0.273 e. The van der Waals surface area contributed by atoms with Gasteiger partial charge in [0.1, 0.15) is 6.61 Å². The van der Waals surface area contributed by atoms with Gasteiger partial charge in [-0.1, -0.05) is 35.6 Å². The van der Waals surface area contributed by atoms with E-state index in [9.17, 15) is 4.79 Å². The van der Waals surface area contributed by atoms with Crippen LogP contribution in [0.3, 0.4) is 0 Å². The maximum absolute atomic E-state index is 13.6. The largest absolute Gasteiger partial charge is 0.485 e. The number of hydrogen-bond acceptors (Lipinski definition) is 6. The summed E-state index contributed by atoms with van der Waals surface area (Å²) in [5.41, 5.74) is 4.14. The molecule has 0 radical (unpaired) electrons. The van der Waals surface area contributed by atoms with Gasteiger partial charge in [-0.25, -0.2) is 4.98 Å². The van der Waals surface area contributed by atoms with Gasteiger partial charge >= 0.3 is 0 Å². The lowest BCUT2D eigenvalue weighted by Crippen LogP contribution is -2.46. The second kappa shape index (κ2) is 8.00. The molecule has 0 fully saturated rings. The lowest BCUT2D eigenvalue weighted by molar-refractivity contribution is -0.127. The lowest BCUT2D eigenvalue weighted by Gasteiger charge is -2.29. The molecule has 0 N–H and O–H groups in total. The molecule has 0 spiro atoms. The quantitative estimate of drug-likeness (QED) is 0.469. The summed E-state index contributed by atoms with van der Waals surface area (Å²) in [7, 11) is 0. The molecule has 1 atom stereocenters. The van der Waals surface area contributed by atoms with E-state index in [4.69, 9.17) is 14.5 Å². The van der Waals surface area contributed by atoms with Gasteiger partial charge in [-0.3, -0.25) is 14.7 Å². The third kappa shape index (κ3) is 3.72. The highest BCUT2D eigenvalue weighted by Gasteiger charge is 2.33. The first-order valence-electron chi connectivity index (χ1n) is 10.1. The van der Waals surface area contributed by atoms with E-state index < -0.39 is 6.10 Å². The molecule has 1 aliphatic heterocycles. The fourth-order valence-electron chi connectivity index (χ4n) is 3.56. The summed E-state index contributed by atoms with van der Waals surface area (Å²) in [6.45, 7) is 4.63. The second-order valence-corrected chi connectivity index (χ2v) is 8.51. The zero-order chi connectivity index (χ0) is 21.4. The molecule has 0 aliphatic carbocycles. The molecular formula is C24H21N3O3S. The van der Waals surface area contributed by atoms with E-state index in [2.05, 4.69) is 31.0 Å². The number of carbonyl (C=O) groups is 1. The summed E-state index contributed by atoms with van der Waals surface area (Å²) in [5.74, 6) is 1.03. The Morgan fingerprint density at radius 2 is 1.97 bits per heavy atom. The Labute approximate surface area is 184 Å². The number of pyridine rings is 1. The molecule has 0 saturated carbocycles. The van der Waals surface area contributed by atoms with Crippen molar-refractivity contribution in [2.45, 2.75) is 26.5 Å². The number of hydrogen-bond donors (Lipinski definition) is 0. The molecule has 1 aliphatic rings. The van der Waals surface area contributed by atoms with Crippen LogP contribution in [0.15, 0.2) is 60.9 Å². The van der Waals surface area contributed by atoms with E-state index in [1.54, 1.807) is 17.3 Å². The van der Waals surface area contributed by atoms with Crippen LogP contribution in [0.5, 0.6) is 11.5 Å². The standard InChI is InChI=1S/C24H21N3O3S/c1-15-9-10-21-22(16(15)2)26-24(31-21)27(13-17-6-5-11-25-12-17)23(28)20-14-29-18-7-3-4-8-19(18)30-20/h3-12,20H,13-14H2,1-2H3/t20-/m1/s1. The van der Waals surface area contributed by atoms with Crippen LogP contribution in [0, 0.1) is 13.8 Å². The zero-order valence-electron chi connectivity index (χ0n) is 17.2. The van der Waals surface area contributed by atoms with E-state index in [1.807, 2.05) is 36.4 Å². The van der Waals surface area contributed by atoms with Crippen molar-refractivity contribution in [3.8, 4) is 11.5 Å². The van der Waals surface area contributed by atoms with Crippen molar-refractivity contribution in [2.24, 2.45) is 0 Å². The minimum Gasteiger partial charge on any atom is -0.485 e. The number of nitrogens with zero attached hydrogens (tertiary/aromatic N) is 3. The fraction of sp³-hybridized carbons (Fsp3) is 0.208. The minimum absolute atomic E-state index is 0.155. The van der Waals surface area contributed by atoms with E-state index in [-0.39, 0.29) is 12.5 Å². The van der Waals surface area contributed by atoms with Crippen molar-refractivity contribution in [3.05, 3.63) is 77.6 Å². The predicted octanol–water partition coefficient (Wildman–Crippen LogP) is 4.68. The third-order valence-electron chi connectivity index (χ3n) is 5.42. The smallest absolute Gasteiger partial charge is 0.273 e. The van der Waals surface area contributed by atoms with Gasteiger partial charge in [0.05, 0.1) is 16.8 Å². The van der Waals surface area contributed by atoms with Crippen LogP contribution in [0.25, 0.3) is 10.2 Å². The molecule has 0 saturated heterocycles. The molecule has 3 heterocycles. The van der Waals surface area contributed by atoms with Gasteiger partial charge in [0.25, 0.3) is 5.91 Å². The number of aromatic nitrogens is 2. The molecule has 2 aromatic heterocycles. The van der Waals surface area contributed by atoms with Crippen molar-refractivity contribution >= 4 is 32.6 Å². The number of anilines is 1. The number of amides is 1. The summed E-state index contributed by atoms with van der Waals surface area (Å²) in [5, 5.41) is 0.639. The van der Waals surface area contributed by atoms with Crippen LogP contribution in [0.1, 0.15) is 16.7 Å². The molecule has 5 rings (SSSR count). The summed E-state index contributed by atoms with van der Waals surface area (Å²) in [6.07, 6.45) is 2.73. The Balaban J connectivity index is 1.52. The molecular weight excluding hydrogens is 410 g/mol. The number of ether oxygens (including phenoxy) is 2. The first kappa shape index (κ1) is 19.5. The molecule has 156 valence electrons. The number of fused-ring (bicyclic) bond motifs is 2. The van der Waals surface area contributed by atoms with E-state index in [0.29, 0.717) is 23.2 Å². The number of rotatable bonds is 4. The van der Waals surface area contributed by atoms with Crippen LogP contribution in [-0.2, 0) is 11.3 Å². The highest BCUT2D eigenvalue weighted by Crippen LogP contribution is 2.35. The number of carbonyl (C=O) groups excluding carboxylic acids is 1. The molecule has 7 heteroatoms. The highest BCUT2D eigenvalue weighted by molar-refractivity contribution is 7.22. The van der Waals surface area contributed by atoms with Gasteiger partial charge in [-0.2, -0.15) is 0 Å². The topological polar surface area (TPSA) is 64.6 Å². The van der Waals surface area contributed by atoms with Crippen molar-refractivity contribution in [1.29, 1.82) is 0 Å². The number of aryl methyl sites for hydroxylation is 2. The van der Waals surface area contributed by atoms with Gasteiger partial charge in [0.2, 0.25) is 6.10 Å². The van der Waals surface area contributed by atoms with Crippen LogP contribution < -0.4 is 14.4 Å². The Morgan fingerprint density at radius 1 is 1.13 bits per heavy atom. The van der Waals surface area contributed by atoms with Crippen molar-refractivity contribution in [1.82, 2.24) is 9.97 Å². The van der Waals surface area contributed by atoms with Gasteiger partial charge in [-0.05, 0) is 54.8 Å². The Morgan fingerprint density at radius 3 is 2.77 bits per heavy atom. The van der Waals surface area contributed by atoms with Crippen LogP contribution in [0.2, 0.25) is 0 Å². The molecule has 0 unspecified atom stereocenters. The van der Waals surface area contributed by atoms with Crippen LogP contribution in [-0.4, -0.2) is 28.6 Å². The lowest BCUT2D eigenvalue weighted by atomic mass is 10.1. The molecule has 4 aromatic rings. The molecule has 31 heavy (non-hydrogen) atoms. The Hall–Kier alpha value is -3.45. The zero-order valence-corrected chi connectivity index (χ0v) is 18.1. The molecule has 6 nitrogen and oxygen atoms in total. The Bertz CT molecular complexity index is 1260. The molecule has 0 bridgehead atoms. The average molecular weight is 432 g/mol. The van der Waals surface area contributed by atoms with E-state index in [0.717, 1.165) is 21.3 Å². The van der Waals surface area contributed by atoms with E-state index in [1.165, 1.54) is 16.9 Å². The van der Waals surface area contributed by atoms with Crippen molar-refractivity contribution in [3.63, 3.8) is 0 Å². The third-order valence-corrected chi connectivity index (χ3v) is 6.46. The Kier molecular flexibility index (Phi) is 5.03. The first-order chi connectivity index (χ1) is 15.1. The fourth-order valence-corrected chi connectivity index (χ4v) is 4.59. The van der Waals surface area contributed by atoms with Gasteiger partial charge in [0.15, 0.2) is 16.6 Å². The minimum atomic E-state index is -0.749. The van der Waals surface area contributed by atoms with Crippen molar-refractivity contribution in [2.75, 3.05) is 11.5 Å². The van der Waals surface area contributed by atoms with Crippen molar-refractivity contribution < 1.29 is 14.3 Å². The number of benzene rings is 2. The SMILES string of the molecule is Cc1ccc2sc(N(Cc3cccnc3)C(=O)[C@H]3COc4ccccc4O3)nc2c1C. The summed E-state index contributed by atoms with van der Waals surface area (Å²) >= 11 is 1.50.